The third-order valence-electron chi connectivity index (χ3n) is 5.79. The maximum atomic E-state index is 13.7. The number of aliphatic hydroxyl groups excluding tert-OH is 1. The maximum Gasteiger partial charge on any atom is 0.239 e. The van der Waals surface area contributed by atoms with E-state index in [9.17, 15) is 18.7 Å². The van der Waals surface area contributed by atoms with Crippen molar-refractivity contribution in [1.29, 1.82) is 0 Å². The van der Waals surface area contributed by atoms with Gasteiger partial charge in [0.15, 0.2) is 0 Å². The Balaban J connectivity index is 1.64. The van der Waals surface area contributed by atoms with Gasteiger partial charge in [-0.3, -0.25) is 10.1 Å². The van der Waals surface area contributed by atoms with Crippen LogP contribution in [0, 0.1) is 11.6 Å². The highest BCUT2D eigenvalue weighted by molar-refractivity contribution is 5.82. The fraction of sp³-hybridized carbons (Fsp3) is 0.480. The molecule has 6 nitrogen and oxygen atoms in total. The third-order valence-corrected chi connectivity index (χ3v) is 5.79. The molecule has 4 N–H and O–H groups in total. The zero-order chi connectivity index (χ0) is 23.8. The summed E-state index contributed by atoms with van der Waals surface area (Å²) in [6, 6.07) is 10.1. The number of carbonyl (C=O) groups is 1. The number of benzene rings is 2. The van der Waals surface area contributed by atoms with E-state index in [1.807, 2.05) is 19.1 Å². The number of amides is 1. The van der Waals surface area contributed by atoms with Crippen LogP contribution in [0.4, 0.5) is 8.78 Å². The molecule has 0 aliphatic carbocycles. The highest BCUT2D eigenvalue weighted by Gasteiger charge is 2.31. The van der Waals surface area contributed by atoms with Crippen LogP contribution in [0.5, 0.6) is 0 Å². The quantitative estimate of drug-likeness (QED) is 0.413. The molecule has 1 aliphatic heterocycles. The molecule has 0 spiro atoms. The van der Waals surface area contributed by atoms with Crippen LogP contribution in [0.3, 0.4) is 0 Å². The van der Waals surface area contributed by atoms with Gasteiger partial charge in [0.05, 0.1) is 18.8 Å². The van der Waals surface area contributed by atoms with Gasteiger partial charge in [0.2, 0.25) is 5.91 Å². The summed E-state index contributed by atoms with van der Waals surface area (Å²) in [6.45, 7) is 5.02. The molecule has 2 aromatic rings. The van der Waals surface area contributed by atoms with Crippen LogP contribution in [-0.4, -0.2) is 48.6 Å². The van der Waals surface area contributed by atoms with Crippen LogP contribution in [-0.2, 0) is 28.9 Å². The van der Waals surface area contributed by atoms with Crippen molar-refractivity contribution in [3.63, 3.8) is 0 Å². The summed E-state index contributed by atoms with van der Waals surface area (Å²) in [4.78, 5) is 12.8. The van der Waals surface area contributed by atoms with Crippen molar-refractivity contribution in [1.82, 2.24) is 16.0 Å². The summed E-state index contributed by atoms with van der Waals surface area (Å²) in [5.74, 6) is -1.71. The van der Waals surface area contributed by atoms with Crippen molar-refractivity contribution in [2.24, 2.45) is 0 Å². The monoisotopic (exact) mass is 461 g/mol. The normalized spacial score (nSPS) is 19.9. The Morgan fingerprint density at radius 3 is 2.55 bits per heavy atom. The first kappa shape index (κ1) is 25.2. The van der Waals surface area contributed by atoms with E-state index in [1.165, 1.54) is 17.7 Å². The molecule has 1 fully saturated rings. The van der Waals surface area contributed by atoms with E-state index in [2.05, 4.69) is 35.0 Å². The highest BCUT2D eigenvalue weighted by Crippen LogP contribution is 2.13. The lowest BCUT2D eigenvalue weighted by atomic mass is 10.00. The first-order valence-electron chi connectivity index (χ1n) is 11.5. The van der Waals surface area contributed by atoms with Crippen molar-refractivity contribution >= 4 is 5.91 Å². The lowest BCUT2D eigenvalue weighted by molar-refractivity contribution is -0.124. The fourth-order valence-corrected chi connectivity index (χ4v) is 3.94. The molecule has 0 bridgehead atoms. The van der Waals surface area contributed by atoms with Gasteiger partial charge in [0.25, 0.3) is 0 Å². The largest absolute Gasteiger partial charge is 0.390 e. The van der Waals surface area contributed by atoms with Crippen molar-refractivity contribution < 1.29 is 23.4 Å². The molecule has 1 unspecified atom stereocenters. The van der Waals surface area contributed by atoms with Crippen LogP contribution in [0.15, 0.2) is 42.5 Å². The Hall–Kier alpha value is -2.39. The predicted molar refractivity (Wildman–Crippen MR) is 122 cm³/mol. The number of carbonyl (C=O) groups excluding carboxylic acids is 1. The second-order valence-corrected chi connectivity index (χ2v) is 8.42. The van der Waals surface area contributed by atoms with Gasteiger partial charge < -0.3 is 20.5 Å². The van der Waals surface area contributed by atoms with Crippen molar-refractivity contribution in [3.8, 4) is 0 Å². The molecule has 1 amide bonds. The summed E-state index contributed by atoms with van der Waals surface area (Å²) in [6.07, 6.45) is 0.578. The van der Waals surface area contributed by atoms with Gasteiger partial charge in [-0.25, -0.2) is 8.78 Å². The molecular weight excluding hydrogens is 428 g/mol. The van der Waals surface area contributed by atoms with Gasteiger partial charge in [-0.15, -0.1) is 0 Å². The first-order chi connectivity index (χ1) is 15.9. The van der Waals surface area contributed by atoms with E-state index < -0.39 is 29.8 Å². The van der Waals surface area contributed by atoms with Gasteiger partial charge in [0, 0.05) is 19.2 Å². The van der Waals surface area contributed by atoms with E-state index in [4.69, 9.17) is 4.74 Å². The molecule has 0 aromatic heterocycles. The molecule has 1 saturated heterocycles. The molecular formula is C25H33F2N3O3. The minimum atomic E-state index is -0.973. The number of rotatable bonds is 11. The maximum absolute atomic E-state index is 13.7. The standard InChI is InChI=1S/C25H33F2N3O3/c1-3-16-6-5-7-17(8-16)13-28-14-23(31)21(11-18-9-19(26)12-20(27)10-18)30-25(32)22-15-33-24(4-2)29-22/h5-10,12,21-24,28-29,31H,3-4,11,13-15H2,1-2H3,(H,30,32)/t21-,22+,23+,24?/m0/s1. The number of nitrogens with one attached hydrogen (secondary N) is 3. The number of aliphatic hydroxyl groups is 1. The predicted octanol–water partition coefficient (Wildman–Crippen LogP) is 2.43. The molecule has 180 valence electrons. The van der Waals surface area contributed by atoms with Gasteiger partial charge >= 0.3 is 0 Å². The zero-order valence-corrected chi connectivity index (χ0v) is 19.1. The molecule has 1 aliphatic rings. The third kappa shape index (κ3) is 7.57. The van der Waals surface area contributed by atoms with E-state index in [0.29, 0.717) is 12.1 Å². The van der Waals surface area contributed by atoms with Gasteiger partial charge in [-0.2, -0.15) is 0 Å². The number of ether oxygens (including phenoxy) is 1. The average Bonchev–Trinajstić information content (AvgIpc) is 3.27. The molecule has 8 heteroatoms. The molecule has 2 aromatic carbocycles. The Morgan fingerprint density at radius 2 is 1.88 bits per heavy atom. The van der Waals surface area contributed by atoms with E-state index in [0.717, 1.165) is 24.5 Å². The van der Waals surface area contributed by atoms with Gasteiger partial charge in [0.1, 0.15) is 23.9 Å². The van der Waals surface area contributed by atoms with Crippen molar-refractivity contribution in [2.45, 2.75) is 64.1 Å². The van der Waals surface area contributed by atoms with Crippen LogP contribution >= 0.6 is 0 Å². The summed E-state index contributed by atoms with van der Waals surface area (Å²) in [5.41, 5.74) is 2.67. The van der Waals surface area contributed by atoms with Crippen molar-refractivity contribution in [3.05, 3.63) is 70.8 Å². The smallest absolute Gasteiger partial charge is 0.239 e. The Morgan fingerprint density at radius 1 is 1.15 bits per heavy atom. The van der Waals surface area contributed by atoms with Crippen LogP contribution in [0.2, 0.25) is 0 Å². The molecule has 0 radical (unpaired) electrons. The number of halogens is 2. The Kier molecular flexibility index (Phi) is 9.31. The molecule has 1 heterocycles. The molecule has 3 rings (SSSR count). The first-order valence-corrected chi connectivity index (χ1v) is 11.5. The van der Waals surface area contributed by atoms with Crippen molar-refractivity contribution in [2.75, 3.05) is 13.2 Å². The summed E-state index contributed by atoms with van der Waals surface area (Å²) < 4.78 is 32.9. The highest BCUT2D eigenvalue weighted by atomic mass is 19.1. The van der Waals surface area contributed by atoms with Crippen LogP contribution < -0.4 is 16.0 Å². The second-order valence-electron chi connectivity index (χ2n) is 8.42. The van der Waals surface area contributed by atoms with Crippen LogP contribution in [0.25, 0.3) is 0 Å². The van der Waals surface area contributed by atoms with Gasteiger partial charge in [-0.1, -0.05) is 38.1 Å². The van der Waals surface area contributed by atoms with Crippen LogP contribution in [0.1, 0.15) is 37.0 Å². The van der Waals surface area contributed by atoms with E-state index >= 15 is 0 Å². The topological polar surface area (TPSA) is 82.6 Å². The number of hydrogen-bond acceptors (Lipinski definition) is 5. The summed E-state index contributed by atoms with van der Waals surface area (Å²) in [5, 5.41) is 20.0. The zero-order valence-electron chi connectivity index (χ0n) is 19.1. The number of aryl methyl sites for hydroxylation is 1. The SMILES string of the molecule is CCc1cccc(CNC[C@@H](O)[C@H](Cc2cc(F)cc(F)c2)NC(=O)[C@H]2COC(CC)N2)c1. The fourth-order valence-electron chi connectivity index (χ4n) is 3.94. The molecule has 0 saturated carbocycles. The Labute approximate surface area is 193 Å². The van der Waals surface area contributed by atoms with Gasteiger partial charge in [-0.05, 0) is 48.1 Å². The minimum Gasteiger partial charge on any atom is -0.390 e. The average molecular weight is 462 g/mol. The number of hydrogen-bond donors (Lipinski definition) is 4. The lowest BCUT2D eigenvalue weighted by Gasteiger charge is -2.26. The molecule has 33 heavy (non-hydrogen) atoms. The molecule has 4 atom stereocenters. The summed E-state index contributed by atoms with van der Waals surface area (Å²) >= 11 is 0. The second kappa shape index (κ2) is 12.2. The summed E-state index contributed by atoms with van der Waals surface area (Å²) in [7, 11) is 0. The Bertz CT molecular complexity index is 907. The minimum absolute atomic E-state index is 0.0827. The lowest BCUT2D eigenvalue weighted by Crippen LogP contribution is -2.53. The van der Waals surface area contributed by atoms with E-state index in [1.54, 1.807) is 0 Å². The van der Waals surface area contributed by atoms with E-state index in [-0.39, 0.29) is 31.7 Å².